The van der Waals surface area contributed by atoms with Gasteiger partial charge >= 0.3 is 0 Å². The van der Waals surface area contributed by atoms with Gasteiger partial charge in [-0.3, -0.25) is 4.79 Å². The summed E-state index contributed by atoms with van der Waals surface area (Å²) in [6.07, 6.45) is 4.35. The first-order chi connectivity index (χ1) is 7.11. The molecule has 1 fully saturated rings. The van der Waals surface area contributed by atoms with Crippen LogP contribution in [-0.4, -0.2) is 11.9 Å². The van der Waals surface area contributed by atoms with Gasteiger partial charge in [-0.1, -0.05) is 13.8 Å². The van der Waals surface area contributed by atoms with E-state index in [2.05, 4.69) is 25.2 Å². The van der Waals surface area contributed by atoms with Gasteiger partial charge in [-0.05, 0) is 31.6 Å². The lowest BCUT2D eigenvalue weighted by molar-refractivity contribution is -0.121. The molecular formula is C12H20N2O. The summed E-state index contributed by atoms with van der Waals surface area (Å²) >= 11 is 0. The highest BCUT2D eigenvalue weighted by atomic mass is 16.1. The van der Waals surface area contributed by atoms with Crippen molar-refractivity contribution in [2.75, 3.05) is 0 Å². The Labute approximate surface area is 91.9 Å². The average Bonchev–Trinajstić information content (AvgIpc) is 2.95. The van der Waals surface area contributed by atoms with Crippen molar-refractivity contribution in [3.8, 4) is 6.07 Å². The molecule has 1 aliphatic carbocycles. The second kappa shape index (κ2) is 5.75. The van der Waals surface area contributed by atoms with Crippen molar-refractivity contribution in [1.29, 1.82) is 5.26 Å². The second-order valence-corrected chi connectivity index (χ2v) is 4.84. The fourth-order valence-electron chi connectivity index (χ4n) is 1.64. The van der Waals surface area contributed by atoms with E-state index in [9.17, 15) is 4.79 Å². The maximum absolute atomic E-state index is 11.4. The van der Waals surface area contributed by atoms with E-state index in [1.54, 1.807) is 0 Å². The first-order valence-corrected chi connectivity index (χ1v) is 5.80. The lowest BCUT2D eigenvalue weighted by Crippen LogP contribution is -2.25. The Balaban J connectivity index is 2.15. The molecule has 1 N–H and O–H groups in total. The lowest BCUT2D eigenvalue weighted by atomic mass is 9.94. The van der Waals surface area contributed by atoms with Gasteiger partial charge in [0, 0.05) is 18.4 Å². The number of nitrogens with zero attached hydrogens (tertiary/aromatic N) is 1. The minimum atomic E-state index is 0.0370. The quantitative estimate of drug-likeness (QED) is 0.727. The largest absolute Gasteiger partial charge is 0.353 e. The van der Waals surface area contributed by atoms with Gasteiger partial charge in [-0.15, -0.1) is 0 Å². The van der Waals surface area contributed by atoms with Crippen molar-refractivity contribution in [1.82, 2.24) is 5.32 Å². The van der Waals surface area contributed by atoms with E-state index < -0.39 is 0 Å². The third kappa shape index (κ3) is 5.41. The molecule has 0 heterocycles. The highest BCUT2D eigenvalue weighted by Gasteiger charge is 2.23. The summed E-state index contributed by atoms with van der Waals surface area (Å²) < 4.78 is 0. The van der Waals surface area contributed by atoms with E-state index in [1.807, 2.05) is 0 Å². The third-order valence-electron chi connectivity index (χ3n) is 2.60. The smallest absolute Gasteiger partial charge is 0.220 e. The molecule has 1 rings (SSSR count). The molecule has 1 atom stereocenters. The number of carbonyl (C=O) groups excluding carboxylic acids is 1. The molecular weight excluding hydrogens is 188 g/mol. The van der Waals surface area contributed by atoms with E-state index in [1.165, 1.54) is 0 Å². The predicted molar refractivity (Wildman–Crippen MR) is 59.0 cm³/mol. The third-order valence-corrected chi connectivity index (χ3v) is 2.60. The highest BCUT2D eigenvalue weighted by molar-refractivity contribution is 5.76. The Bertz CT molecular complexity index is 251. The standard InChI is InChI=1S/C12H20N2O/c1-9(2)7-10(8-13)3-6-12(15)14-11-4-5-11/h9-11H,3-7H2,1-2H3,(H,14,15). The predicted octanol–water partition coefficient (Wildman–Crippen LogP) is 2.23. The zero-order valence-electron chi connectivity index (χ0n) is 9.62. The Kier molecular flexibility index (Phi) is 4.61. The molecule has 0 spiro atoms. The number of hydrogen-bond donors (Lipinski definition) is 1. The Hall–Kier alpha value is -1.04. The summed E-state index contributed by atoms with van der Waals surface area (Å²) in [6, 6.07) is 2.71. The van der Waals surface area contributed by atoms with E-state index in [-0.39, 0.29) is 11.8 Å². The van der Waals surface area contributed by atoms with Crippen LogP contribution in [0.4, 0.5) is 0 Å². The maximum Gasteiger partial charge on any atom is 0.220 e. The van der Waals surface area contributed by atoms with Gasteiger partial charge in [0.15, 0.2) is 0 Å². The lowest BCUT2D eigenvalue weighted by Gasteiger charge is -2.11. The van der Waals surface area contributed by atoms with Crippen LogP contribution in [0.3, 0.4) is 0 Å². The van der Waals surface area contributed by atoms with Crippen LogP contribution in [0.1, 0.15) is 46.0 Å². The summed E-state index contributed by atoms with van der Waals surface area (Å²) in [4.78, 5) is 11.4. The number of rotatable bonds is 6. The van der Waals surface area contributed by atoms with Gasteiger partial charge in [0.05, 0.1) is 6.07 Å². The Morgan fingerprint density at radius 1 is 1.53 bits per heavy atom. The molecule has 1 amide bonds. The van der Waals surface area contributed by atoms with E-state index in [0.717, 1.165) is 19.3 Å². The zero-order valence-corrected chi connectivity index (χ0v) is 9.62. The van der Waals surface area contributed by atoms with Crippen LogP contribution in [0, 0.1) is 23.2 Å². The molecule has 0 aromatic rings. The van der Waals surface area contributed by atoms with E-state index in [4.69, 9.17) is 5.26 Å². The fourth-order valence-corrected chi connectivity index (χ4v) is 1.64. The molecule has 1 unspecified atom stereocenters. The van der Waals surface area contributed by atoms with Crippen LogP contribution in [0.5, 0.6) is 0 Å². The van der Waals surface area contributed by atoms with E-state index >= 15 is 0 Å². The van der Waals surface area contributed by atoms with Gasteiger partial charge in [-0.2, -0.15) is 5.26 Å². The van der Waals surface area contributed by atoms with Gasteiger partial charge < -0.3 is 5.32 Å². The van der Waals surface area contributed by atoms with Gasteiger partial charge in [0.1, 0.15) is 0 Å². The summed E-state index contributed by atoms with van der Waals surface area (Å²) in [6.45, 7) is 4.21. The van der Waals surface area contributed by atoms with Crippen LogP contribution < -0.4 is 5.32 Å². The normalized spacial score (nSPS) is 17.2. The van der Waals surface area contributed by atoms with Crippen LogP contribution >= 0.6 is 0 Å². The molecule has 0 aromatic carbocycles. The van der Waals surface area contributed by atoms with Gasteiger partial charge in [0.2, 0.25) is 5.91 Å². The Morgan fingerprint density at radius 3 is 2.67 bits per heavy atom. The number of carbonyl (C=O) groups is 1. The second-order valence-electron chi connectivity index (χ2n) is 4.84. The SMILES string of the molecule is CC(C)CC(C#N)CCC(=O)NC1CC1. The van der Waals surface area contributed by atoms with Crippen molar-refractivity contribution < 1.29 is 4.79 Å². The summed E-state index contributed by atoms with van der Waals surface area (Å²) in [5.74, 6) is 0.678. The summed E-state index contributed by atoms with van der Waals surface area (Å²) in [7, 11) is 0. The van der Waals surface area contributed by atoms with Crippen molar-refractivity contribution in [2.45, 2.75) is 52.0 Å². The van der Waals surface area contributed by atoms with Gasteiger partial charge in [0.25, 0.3) is 0 Å². The fraction of sp³-hybridized carbons (Fsp3) is 0.833. The molecule has 1 saturated carbocycles. The minimum absolute atomic E-state index is 0.0370. The number of hydrogen-bond acceptors (Lipinski definition) is 2. The monoisotopic (exact) mass is 208 g/mol. The van der Waals surface area contributed by atoms with Crippen molar-refractivity contribution in [2.24, 2.45) is 11.8 Å². The molecule has 3 nitrogen and oxygen atoms in total. The molecule has 0 aromatic heterocycles. The summed E-state index contributed by atoms with van der Waals surface area (Å²) in [5, 5.41) is 11.8. The van der Waals surface area contributed by atoms with Crippen molar-refractivity contribution in [3.05, 3.63) is 0 Å². The minimum Gasteiger partial charge on any atom is -0.353 e. The molecule has 0 saturated heterocycles. The van der Waals surface area contributed by atoms with Gasteiger partial charge in [-0.25, -0.2) is 0 Å². The number of nitrogens with one attached hydrogen (secondary N) is 1. The van der Waals surface area contributed by atoms with Crippen LogP contribution in [0.2, 0.25) is 0 Å². The topological polar surface area (TPSA) is 52.9 Å². The average molecular weight is 208 g/mol. The molecule has 15 heavy (non-hydrogen) atoms. The van der Waals surface area contributed by atoms with Crippen LogP contribution in [0.25, 0.3) is 0 Å². The van der Waals surface area contributed by atoms with Crippen LogP contribution in [-0.2, 0) is 4.79 Å². The Morgan fingerprint density at radius 2 is 2.20 bits per heavy atom. The molecule has 1 aliphatic rings. The molecule has 84 valence electrons. The number of nitriles is 1. The zero-order chi connectivity index (χ0) is 11.3. The maximum atomic E-state index is 11.4. The summed E-state index contributed by atoms with van der Waals surface area (Å²) in [5.41, 5.74) is 0. The molecule has 0 aliphatic heterocycles. The van der Waals surface area contributed by atoms with E-state index in [0.29, 0.717) is 24.8 Å². The van der Waals surface area contributed by atoms with Crippen molar-refractivity contribution >= 4 is 5.91 Å². The number of amides is 1. The van der Waals surface area contributed by atoms with Crippen molar-refractivity contribution in [3.63, 3.8) is 0 Å². The first kappa shape index (κ1) is 12.0. The molecule has 3 heteroatoms. The molecule has 0 bridgehead atoms. The highest BCUT2D eigenvalue weighted by Crippen LogP contribution is 2.20. The van der Waals surface area contributed by atoms with Crippen LogP contribution in [0.15, 0.2) is 0 Å². The first-order valence-electron chi connectivity index (χ1n) is 5.80. The molecule has 0 radical (unpaired) electrons.